The topological polar surface area (TPSA) is 95.1 Å². The molecule has 1 aromatic heterocycles. The molecule has 0 unspecified atom stereocenters. The Morgan fingerprint density at radius 1 is 1.07 bits per heavy atom. The van der Waals surface area contributed by atoms with Crippen molar-refractivity contribution in [3.8, 4) is 0 Å². The first-order valence-corrected chi connectivity index (χ1v) is 10.5. The lowest BCUT2D eigenvalue weighted by Gasteiger charge is -2.17. The summed E-state index contributed by atoms with van der Waals surface area (Å²) in [5, 5.41) is 8.33. The van der Waals surface area contributed by atoms with Gasteiger partial charge in [-0.1, -0.05) is 35.3 Å². The Hall–Kier alpha value is -2.04. The van der Waals surface area contributed by atoms with E-state index in [4.69, 9.17) is 28.3 Å². The Bertz CT molecular complexity index is 1090. The predicted octanol–water partition coefficient (Wildman–Crippen LogP) is 3.45. The Labute approximate surface area is 175 Å². The molecular formula is C18H15Cl2F2N3O3S. The van der Waals surface area contributed by atoms with Crippen molar-refractivity contribution in [2.75, 3.05) is 13.2 Å². The molecule has 6 nitrogen and oxygen atoms in total. The molecule has 0 amide bonds. The highest BCUT2D eigenvalue weighted by molar-refractivity contribution is 7.89. The summed E-state index contributed by atoms with van der Waals surface area (Å²) < 4.78 is 54.0. The number of aromatic nitrogens is 2. The van der Waals surface area contributed by atoms with Gasteiger partial charge in [0.15, 0.2) is 5.03 Å². The van der Waals surface area contributed by atoms with Crippen molar-refractivity contribution in [3.05, 3.63) is 81.2 Å². The van der Waals surface area contributed by atoms with Crippen LogP contribution in [0.5, 0.6) is 0 Å². The molecule has 154 valence electrons. The second-order valence-corrected chi connectivity index (χ2v) is 8.58. The van der Waals surface area contributed by atoms with Gasteiger partial charge in [-0.15, -0.1) is 0 Å². The lowest BCUT2D eigenvalue weighted by atomic mass is 9.90. The number of aromatic amines is 1. The molecule has 0 atom stereocenters. The van der Waals surface area contributed by atoms with Crippen molar-refractivity contribution in [2.45, 2.75) is 10.9 Å². The van der Waals surface area contributed by atoms with E-state index >= 15 is 0 Å². The summed E-state index contributed by atoms with van der Waals surface area (Å²) in [6.07, 6.45) is 1.11. The molecule has 1 heterocycles. The van der Waals surface area contributed by atoms with Gasteiger partial charge >= 0.3 is 0 Å². The van der Waals surface area contributed by atoms with Gasteiger partial charge in [-0.3, -0.25) is 0 Å². The van der Waals surface area contributed by atoms with E-state index in [9.17, 15) is 17.2 Å². The summed E-state index contributed by atoms with van der Waals surface area (Å²) >= 11 is 11.8. The molecule has 0 aliphatic heterocycles. The van der Waals surface area contributed by atoms with Crippen LogP contribution in [0.25, 0.3) is 0 Å². The van der Waals surface area contributed by atoms with Crippen LogP contribution in [-0.4, -0.2) is 36.6 Å². The summed E-state index contributed by atoms with van der Waals surface area (Å²) in [7, 11) is -3.93. The van der Waals surface area contributed by atoms with Gasteiger partial charge in [-0.2, -0.15) is 0 Å². The zero-order chi connectivity index (χ0) is 21.2. The van der Waals surface area contributed by atoms with Gasteiger partial charge in [0.2, 0.25) is 0 Å². The largest absolute Gasteiger partial charge is 0.395 e. The summed E-state index contributed by atoms with van der Waals surface area (Å²) in [4.78, 5) is 6.85. The number of H-pyrrole nitrogens is 1. The van der Waals surface area contributed by atoms with E-state index in [0.29, 0.717) is 11.1 Å². The number of halogens is 4. The van der Waals surface area contributed by atoms with Crippen LogP contribution in [0.15, 0.2) is 47.6 Å². The smallest absolute Gasteiger partial charge is 0.257 e. The number of nitrogens with zero attached hydrogens (tertiary/aromatic N) is 1. The van der Waals surface area contributed by atoms with Crippen molar-refractivity contribution in [1.82, 2.24) is 14.7 Å². The molecular weight excluding hydrogens is 447 g/mol. The fourth-order valence-electron chi connectivity index (χ4n) is 2.75. The van der Waals surface area contributed by atoms with Crippen LogP contribution in [0.1, 0.15) is 22.9 Å². The number of hydrogen-bond acceptors (Lipinski definition) is 4. The van der Waals surface area contributed by atoms with E-state index in [1.807, 2.05) is 0 Å². The van der Waals surface area contributed by atoms with Crippen LogP contribution < -0.4 is 4.72 Å². The molecule has 0 aliphatic rings. The highest BCUT2D eigenvalue weighted by Gasteiger charge is 2.25. The monoisotopic (exact) mass is 461 g/mol. The van der Waals surface area contributed by atoms with Crippen LogP contribution in [-0.2, 0) is 10.0 Å². The number of hydrogen-bond donors (Lipinski definition) is 3. The Morgan fingerprint density at radius 3 is 2.10 bits per heavy atom. The molecule has 0 radical (unpaired) electrons. The zero-order valence-electron chi connectivity index (χ0n) is 14.7. The van der Waals surface area contributed by atoms with Crippen molar-refractivity contribution in [1.29, 1.82) is 0 Å². The first kappa shape index (κ1) is 21.7. The van der Waals surface area contributed by atoms with E-state index in [1.54, 1.807) is 0 Å². The summed E-state index contributed by atoms with van der Waals surface area (Å²) in [6, 6.07) is 8.01. The maximum Gasteiger partial charge on any atom is 0.257 e. The third kappa shape index (κ3) is 4.76. The lowest BCUT2D eigenvalue weighted by molar-refractivity contribution is 0.301. The molecule has 3 aromatic rings. The zero-order valence-corrected chi connectivity index (χ0v) is 17.0. The molecule has 0 fully saturated rings. The van der Waals surface area contributed by atoms with Gasteiger partial charge in [0.1, 0.15) is 17.5 Å². The van der Waals surface area contributed by atoms with E-state index in [2.05, 4.69) is 14.7 Å². The number of aliphatic hydroxyl groups excluding tert-OH is 1. The molecule has 3 rings (SSSR count). The van der Waals surface area contributed by atoms with Crippen molar-refractivity contribution < 1.29 is 22.3 Å². The second kappa shape index (κ2) is 8.76. The molecule has 2 aromatic carbocycles. The third-order valence-electron chi connectivity index (χ3n) is 4.09. The Morgan fingerprint density at radius 2 is 1.62 bits per heavy atom. The highest BCUT2D eigenvalue weighted by Crippen LogP contribution is 2.34. The normalized spacial score (nSPS) is 11.9. The number of benzene rings is 2. The van der Waals surface area contributed by atoms with Gasteiger partial charge in [-0.05, 0) is 35.4 Å². The molecule has 3 N–H and O–H groups in total. The van der Waals surface area contributed by atoms with Crippen molar-refractivity contribution in [3.63, 3.8) is 0 Å². The van der Waals surface area contributed by atoms with Gasteiger partial charge in [0.05, 0.1) is 28.8 Å². The van der Waals surface area contributed by atoms with Crippen LogP contribution in [0, 0.1) is 11.6 Å². The first-order valence-electron chi connectivity index (χ1n) is 8.28. The van der Waals surface area contributed by atoms with Gasteiger partial charge < -0.3 is 10.1 Å². The van der Waals surface area contributed by atoms with E-state index < -0.39 is 27.6 Å². The fraction of sp³-hybridized carbons (Fsp3) is 0.167. The number of aliphatic hydroxyl groups is 1. The number of rotatable bonds is 7. The Balaban J connectivity index is 2.11. The predicted molar refractivity (Wildman–Crippen MR) is 105 cm³/mol. The van der Waals surface area contributed by atoms with E-state index in [-0.39, 0.29) is 34.0 Å². The molecule has 0 bridgehead atoms. The van der Waals surface area contributed by atoms with Crippen molar-refractivity contribution >= 4 is 33.2 Å². The van der Waals surface area contributed by atoms with Crippen LogP contribution in [0.4, 0.5) is 8.78 Å². The molecule has 0 saturated heterocycles. The van der Waals surface area contributed by atoms with E-state index in [0.717, 1.165) is 6.20 Å². The van der Waals surface area contributed by atoms with Gasteiger partial charge in [0.25, 0.3) is 10.0 Å². The highest BCUT2D eigenvalue weighted by atomic mass is 35.5. The average Bonchev–Trinajstić information content (AvgIpc) is 3.17. The standard InChI is InChI=1S/C18H15Cl2F2N3O3S/c19-12-7-10(1-3-14(12)21)17(11-2-4-15(22)13(20)8-11)18-23-9-16(25-18)29(27,28)24-5-6-26/h1-4,7-9,17,24,26H,5-6H2,(H,23,25). The molecule has 29 heavy (non-hydrogen) atoms. The van der Waals surface area contributed by atoms with Gasteiger partial charge in [-0.25, -0.2) is 26.9 Å². The van der Waals surface area contributed by atoms with E-state index in [1.165, 1.54) is 36.4 Å². The number of nitrogens with one attached hydrogen (secondary N) is 2. The molecule has 0 spiro atoms. The minimum absolute atomic E-state index is 0.135. The van der Waals surface area contributed by atoms with Crippen molar-refractivity contribution in [2.24, 2.45) is 0 Å². The summed E-state index contributed by atoms with van der Waals surface area (Å²) in [5.41, 5.74) is 0.974. The minimum Gasteiger partial charge on any atom is -0.395 e. The SMILES string of the molecule is O=S(=O)(NCCO)c1cnc(C(c2ccc(F)c(Cl)c2)c2ccc(F)c(Cl)c2)[nH]1. The molecule has 11 heteroatoms. The quantitative estimate of drug-likeness (QED) is 0.502. The van der Waals surface area contributed by atoms with Crippen LogP contribution in [0.2, 0.25) is 10.0 Å². The summed E-state index contributed by atoms with van der Waals surface area (Å²) in [5.74, 6) is -1.78. The first-order chi connectivity index (χ1) is 13.7. The second-order valence-electron chi connectivity index (χ2n) is 6.03. The third-order valence-corrected chi connectivity index (χ3v) is 6.04. The summed E-state index contributed by atoms with van der Waals surface area (Å²) in [6.45, 7) is -0.535. The molecule has 0 aliphatic carbocycles. The fourth-order valence-corrected chi connectivity index (χ4v) is 4.08. The minimum atomic E-state index is -3.93. The number of sulfonamides is 1. The molecule has 0 saturated carbocycles. The van der Waals surface area contributed by atoms with Gasteiger partial charge in [0, 0.05) is 6.54 Å². The average molecular weight is 462 g/mol. The maximum atomic E-state index is 13.6. The van der Waals surface area contributed by atoms with Crippen LogP contribution in [0.3, 0.4) is 0 Å². The number of imidazole rings is 1. The van der Waals surface area contributed by atoms with Crippen LogP contribution >= 0.6 is 23.2 Å². The maximum absolute atomic E-state index is 13.6. The lowest BCUT2D eigenvalue weighted by Crippen LogP contribution is -2.27. The Kier molecular flexibility index (Phi) is 6.55.